The van der Waals surface area contributed by atoms with E-state index < -0.39 is 0 Å². The highest BCUT2D eigenvalue weighted by Crippen LogP contribution is 2.49. The first kappa shape index (κ1) is 7.05. The fourth-order valence-electron chi connectivity index (χ4n) is 3.74. The summed E-state index contributed by atoms with van der Waals surface area (Å²) in [5.41, 5.74) is 9.69. The van der Waals surface area contributed by atoms with E-state index in [1.807, 2.05) is 0 Å². The van der Waals surface area contributed by atoms with E-state index in [-0.39, 0.29) is 0 Å². The highest BCUT2D eigenvalue weighted by Gasteiger charge is 2.56. The lowest BCUT2D eigenvalue weighted by Gasteiger charge is -2.53. The minimum absolute atomic E-state index is 0.550. The van der Waals surface area contributed by atoms with Crippen LogP contribution in [0.2, 0.25) is 0 Å². The van der Waals surface area contributed by atoms with Gasteiger partial charge in [0, 0.05) is 12.8 Å². The van der Waals surface area contributed by atoms with Crippen molar-refractivity contribution in [2.45, 2.75) is 50.6 Å². The van der Waals surface area contributed by atoms with Gasteiger partial charge in [-0.15, -0.1) is 0 Å². The van der Waals surface area contributed by atoms with Gasteiger partial charge < -0.3 is 10.2 Å². The molecule has 12 heavy (non-hydrogen) atoms. The van der Waals surface area contributed by atoms with Gasteiger partial charge >= 0.3 is 0 Å². The molecule has 0 bridgehead atoms. The minimum atomic E-state index is 0.550. The van der Waals surface area contributed by atoms with Gasteiger partial charge in [-0.1, -0.05) is 0 Å². The van der Waals surface area contributed by atoms with E-state index in [9.17, 15) is 5.53 Å². The molecule has 2 atom stereocenters. The Labute approximate surface area is 73.5 Å². The van der Waals surface area contributed by atoms with Gasteiger partial charge in [0.15, 0.2) is 12.1 Å². The second kappa shape index (κ2) is 2.30. The summed E-state index contributed by atoms with van der Waals surface area (Å²) in [6.45, 7) is 0. The standard InChI is InChI=1S/C10H16N2/c11-12-8-5-1-3-7-4-2-6-9(12)10(7)8/h7-10H,1-6H2. The molecule has 0 aromatic rings. The monoisotopic (exact) mass is 164 g/mol. The van der Waals surface area contributed by atoms with Crippen LogP contribution < -0.4 is 0 Å². The van der Waals surface area contributed by atoms with Crippen LogP contribution in [0.4, 0.5) is 0 Å². The fraction of sp³-hybridized carbons (Fsp3) is 1.00. The summed E-state index contributed by atoms with van der Waals surface area (Å²) < 4.78 is 1.66. The normalized spacial score (nSPS) is 51.2. The van der Waals surface area contributed by atoms with Crippen molar-refractivity contribution in [3.05, 3.63) is 5.53 Å². The van der Waals surface area contributed by atoms with Gasteiger partial charge in [-0.05, 0) is 31.6 Å². The van der Waals surface area contributed by atoms with E-state index in [1.54, 1.807) is 4.70 Å². The molecule has 2 unspecified atom stereocenters. The topological polar surface area (TPSA) is 25.3 Å². The average Bonchev–Trinajstić information content (AvgIpc) is 2.16. The molecule has 0 amide bonds. The molecule has 66 valence electrons. The van der Waals surface area contributed by atoms with Crippen LogP contribution in [0.15, 0.2) is 0 Å². The van der Waals surface area contributed by atoms with E-state index in [0.717, 1.165) is 11.8 Å². The fourth-order valence-corrected chi connectivity index (χ4v) is 3.74. The van der Waals surface area contributed by atoms with Crippen LogP contribution in [0.25, 0.3) is 5.53 Å². The largest absolute Gasteiger partial charge is 0.506 e. The van der Waals surface area contributed by atoms with E-state index >= 15 is 0 Å². The van der Waals surface area contributed by atoms with Crippen molar-refractivity contribution >= 4 is 0 Å². The third-order valence-electron chi connectivity index (χ3n) is 4.26. The van der Waals surface area contributed by atoms with Gasteiger partial charge in [-0.2, -0.15) is 0 Å². The Morgan fingerprint density at radius 3 is 2.08 bits per heavy atom. The molecule has 0 radical (unpaired) electrons. The quantitative estimate of drug-likeness (QED) is 0.491. The molecule has 2 aliphatic carbocycles. The summed E-state index contributed by atoms with van der Waals surface area (Å²) in [5.74, 6) is 1.84. The molecule has 3 aliphatic rings. The van der Waals surface area contributed by atoms with Crippen molar-refractivity contribution < 1.29 is 4.70 Å². The van der Waals surface area contributed by atoms with Gasteiger partial charge in [-0.25, -0.2) is 0 Å². The van der Waals surface area contributed by atoms with Crippen molar-refractivity contribution in [1.29, 1.82) is 0 Å². The molecule has 3 fully saturated rings. The van der Waals surface area contributed by atoms with Crippen LogP contribution in [-0.2, 0) is 0 Å². The summed E-state index contributed by atoms with van der Waals surface area (Å²) in [5, 5.41) is 0. The molecule has 2 saturated carbocycles. The zero-order valence-electron chi connectivity index (χ0n) is 7.45. The van der Waals surface area contributed by atoms with Crippen molar-refractivity contribution in [3.8, 4) is 0 Å². The number of rotatable bonds is 0. The number of hydrogen-bond donors (Lipinski definition) is 0. The Balaban J connectivity index is 1.87. The Hall–Kier alpha value is -0.400. The molecule has 3 rings (SSSR count). The van der Waals surface area contributed by atoms with E-state index in [0.29, 0.717) is 12.1 Å². The molecule has 0 N–H and O–H groups in total. The van der Waals surface area contributed by atoms with Crippen LogP contribution in [0.1, 0.15) is 38.5 Å². The SMILES string of the molecule is [N-]=[N+]1C2CCCC3CCCC1C32. The molecule has 0 aromatic carbocycles. The third kappa shape index (κ3) is 0.711. The summed E-state index contributed by atoms with van der Waals surface area (Å²) in [6, 6.07) is 1.10. The zero-order chi connectivity index (χ0) is 8.13. The maximum atomic E-state index is 9.69. The van der Waals surface area contributed by atoms with Crippen LogP contribution in [0.5, 0.6) is 0 Å². The molecular weight excluding hydrogens is 148 g/mol. The van der Waals surface area contributed by atoms with E-state index in [2.05, 4.69) is 0 Å². The molecule has 2 nitrogen and oxygen atoms in total. The minimum Gasteiger partial charge on any atom is -0.506 e. The second-order valence-corrected chi connectivity index (χ2v) is 4.71. The first-order valence-corrected chi connectivity index (χ1v) is 5.35. The second-order valence-electron chi connectivity index (χ2n) is 4.71. The maximum Gasteiger partial charge on any atom is 0.150 e. The Bertz CT molecular complexity index is 204. The zero-order valence-corrected chi connectivity index (χ0v) is 7.45. The Kier molecular flexibility index (Phi) is 1.35. The average molecular weight is 164 g/mol. The Morgan fingerprint density at radius 2 is 1.50 bits per heavy atom. The van der Waals surface area contributed by atoms with E-state index in [4.69, 9.17) is 0 Å². The van der Waals surface area contributed by atoms with Gasteiger partial charge in [0.2, 0.25) is 0 Å². The van der Waals surface area contributed by atoms with Crippen molar-refractivity contribution in [2.24, 2.45) is 11.8 Å². The van der Waals surface area contributed by atoms with Gasteiger partial charge in [0.25, 0.3) is 0 Å². The van der Waals surface area contributed by atoms with Crippen LogP contribution in [-0.4, -0.2) is 16.8 Å². The van der Waals surface area contributed by atoms with Crippen LogP contribution in [0, 0.1) is 11.8 Å². The summed E-state index contributed by atoms with van der Waals surface area (Å²) in [6.07, 6.45) is 8.05. The van der Waals surface area contributed by atoms with Crippen molar-refractivity contribution in [2.75, 3.05) is 0 Å². The lowest BCUT2D eigenvalue weighted by molar-refractivity contribution is -0.714. The lowest BCUT2D eigenvalue weighted by atomic mass is 9.61. The van der Waals surface area contributed by atoms with Crippen molar-refractivity contribution in [3.63, 3.8) is 0 Å². The summed E-state index contributed by atoms with van der Waals surface area (Å²) >= 11 is 0. The van der Waals surface area contributed by atoms with Gasteiger partial charge in [0.05, 0.1) is 5.92 Å². The predicted octanol–water partition coefficient (Wildman–Crippen LogP) is 2.37. The molecule has 0 spiro atoms. The smallest absolute Gasteiger partial charge is 0.150 e. The van der Waals surface area contributed by atoms with E-state index in [1.165, 1.54) is 38.5 Å². The third-order valence-corrected chi connectivity index (χ3v) is 4.26. The number of nitrogens with zero attached hydrogens (tertiary/aromatic N) is 2. The lowest BCUT2D eigenvalue weighted by Crippen LogP contribution is -2.62. The molecule has 2 heteroatoms. The van der Waals surface area contributed by atoms with Crippen LogP contribution in [0.3, 0.4) is 0 Å². The highest BCUT2D eigenvalue weighted by atomic mass is 15.3. The van der Waals surface area contributed by atoms with Crippen LogP contribution >= 0.6 is 0 Å². The summed E-state index contributed by atoms with van der Waals surface area (Å²) in [4.78, 5) is 0. The Morgan fingerprint density at radius 1 is 0.917 bits per heavy atom. The predicted molar refractivity (Wildman–Crippen MR) is 45.9 cm³/mol. The first-order chi connectivity index (χ1) is 5.88. The van der Waals surface area contributed by atoms with Crippen molar-refractivity contribution in [1.82, 2.24) is 0 Å². The van der Waals surface area contributed by atoms with Gasteiger partial charge in [0.1, 0.15) is 0 Å². The molecule has 0 aromatic heterocycles. The summed E-state index contributed by atoms with van der Waals surface area (Å²) in [7, 11) is 0. The molecular formula is C10H16N2. The molecule has 1 aliphatic heterocycles. The van der Waals surface area contributed by atoms with Gasteiger partial charge in [-0.3, -0.25) is 0 Å². The first-order valence-electron chi connectivity index (χ1n) is 5.35. The highest BCUT2D eigenvalue weighted by molar-refractivity contribution is 4.96. The number of hydrogen-bond acceptors (Lipinski definition) is 0. The molecule has 1 saturated heterocycles. The maximum absolute atomic E-state index is 9.69. The molecule has 1 heterocycles.